The van der Waals surface area contributed by atoms with Crippen LogP contribution >= 0.6 is 52.8 Å². The first-order chi connectivity index (χ1) is 25.3. The lowest BCUT2D eigenvalue weighted by atomic mass is 9.98. The average Bonchev–Trinajstić information content (AvgIpc) is 3.61. The lowest BCUT2D eigenvalue weighted by molar-refractivity contribution is 1.45. The summed E-state index contributed by atoms with van der Waals surface area (Å²) in [5.41, 5.74) is 9.52. The number of aromatic nitrogens is 1. The van der Waals surface area contributed by atoms with Crippen LogP contribution in [-0.2, 0) is 0 Å². The SMILES string of the molecule is c1ccc(C2=IC(c3ccccc3)=IC(c3ccc(-c4ccc(-c5nc6c7ccccc7ccc6c6c5sc5ccccc56)cc4)cc3)=N2)cc1. The molecule has 9 aromatic rings. The van der Waals surface area contributed by atoms with Crippen molar-refractivity contribution in [3.8, 4) is 22.4 Å². The molecule has 0 N–H and O–H groups in total. The Kier molecular flexibility index (Phi) is 8.00. The number of fused-ring (bicyclic) bond motifs is 7. The Bertz CT molecular complexity index is 2830. The first-order valence-corrected chi connectivity index (χ1v) is 22.0. The third-order valence-corrected chi connectivity index (χ3v) is 18.2. The molecule has 51 heavy (non-hydrogen) atoms. The molecule has 0 unspecified atom stereocenters. The van der Waals surface area contributed by atoms with Crippen LogP contribution in [0, 0.1) is 0 Å². The molecule has 242 valence electrons. The average molecular weight is 895 g/mol. The largest absolute Gasteiger partial charge is 0.246 e. The Morgan fingerprint density at radius 3 is 1.78 bits per heavy atom. The number of benzene rings is 7. The van der Waals surface area contributed by atoms with Gasteiger partial charge in [0.2, 0.25) is 0 Å². The molecule has 0 saturated carbocycles. The van der Waals surface area contributed by atoms with E-state index in [2.05, 4.69) is 170 Å². The van der Waals surface area contributed by atoms with Gasteiger partial charge >= 0.3 is 0 Å². The number of hydrogen-bond acceptors (Lipinski definition) is 3. The summed E-state index contributed by atoms with van der Waals surface area (Å²) in [7, 11) is 0. The third-order valence-electron chi connectivity index (χ3n) is 9.36. The van der Waals surface area contributed by atoms with Crippen LogP contribution in [0.2, 0.25) is 0 Å². The van der Waals surface area contributed by atoms with Gasteiger partial charge in [0.1, 0.15) is 7.35 Å². The minimum atomic E-state index is -0.348. The topological polar surface area (TPSA) is 25.2 Å². The van der Waals surface area contributed by atoms with Gasteiger partial charge in [0.25, 0.3) is 0 Å². The summed E-state index contributed by atoms with van der Waals surface area (Å²) in [5.74, 6) is 0. The van der Waals surface area contributed by atoms with Crippen molar-refractivity contribution in [2.45, 2.75) is 0 Å². The molecule has 0 bridgehead atoms. The summed E-state index contributed by atoms with van der Waals surface area (Å²) in [6, 6.07) is 61.6. The van der Waals surface area contributed by atoms with Crippen molar-refractivity contribution < 1.29 is 0 Å². The molecule has 10 rings (SSSR count). The van der Waals surface area contributed by atoms with Crippen LogP contribution in [0.3, 0.4) is 0 Å². The van der Waals surface area contributed by atoms with Gasteiger partial charge in [0, 0.05) is 42.9 Å². The highest BCUT2D eigenvalue weighted by Gasteiger charge is 2.18. The molecule has 0 spiro atoms. The number of pyridine rings is 1. The second kappa shape index (κ2) is 13.1. The first kappa shape index (κ1) is 31.1. The summed E-state index contributed by atoms with van der Waals surface area (Å²) in [6.45, 7) is 0. The standard InChI is InChI=1S/C46H28I2N2S/c1-3-12-33(13-4-1)44-47-45(34-14-5-2-6-15-34)50-46(48-44)35-25-21-30(22-26-35)29-19-23-32(24-20-29)41-43-40(37-17-9-10-18-39(37)51-43)38-28-27-31-11-7-8-16-36(31)42(38)49-41/h1-28H. The Labute approximate surface area is 319 Å². The van der Waals surface area contributed by atoms with E-state index in [1.165, 1.54) is 71.5 Å². The Balaban J connectivity index is 1.03. The smallest absolute Gasteiger partial charge is 0.105 e. The van der Waals surface area contributed by atoms with Crippen LogP contribution in [-0.4, -0.2) is 13.9 Å². The van der Waals surface area contributed by atoms with E-state index in [9.17, 15) is 0 Å². The van der Waals surface area contributed by atoms with Crippen LogP contribution in [0.25, 0.3) is 64.2 Å². The fourth-order valence-corrected chi connectivity index (χ4v) is 16.2. The van der Waals surface area contributed by atoms with Gasteiger partial charge in [0.05, 0.1) is 17.4 Å². The van der Waals surface area contributed by atoms with Crippen molar-refractivity contribution in [2.75, 3.05) is 0 Å². The summed E-state index contributed by atoms with van der Waals surface area (Å²) in [5, 5.41) is 6.23. The molecule has 0 aliphatic carbocycles. The van der Waals surface area contributed by atoms with E-state index in [1.54, 1.807) is 1.52 Å². The van der Waals surface area contributed by atoms with Crippen LogP contribution < -0.4 is 0 Å². The third kappa shape index (κ3) is 5.68. The van der Waals surface area contributed by atoms with E-state index < -0.39 is 0 Å². The molecule has 0 atom stereocenters. The van der Waals surface area contributed by atoms with Crippen molar-refractivity contribution in [1.29, 1.82) is 0 Å². The van der Waals surface area contributed by atoms with Crippen LogP contribution in [0.5, 0.6) is 0 Å². The van der Waals surface area contributed by atoms with Crippen molar-refractivity contribution in [3.63, 3.8) is 0 Å². The monoisotopic (exact) mass is 894 g/mol. The molecular formula is C46H28I2N2S. The molecule has 0 saturated heterocycles. The van der Waals surface area contributed by atoms with E-state index in [-0.39, 0.29) is 41.5 Å². The zero-order chi connectivity index (χ0) is 33.7. The van der Waals surface area contributed by atoms with Gasteiger partial charge in [-0.2, -0.15) is 0 Å². The zero-order valence-corrected chi connectivity index (χ0v) is 32.4. The van der Waals surface area contributed by atoms with E-state index in [0.29, 0.717) is 0 Å². The molecule has 0 radical (unpaired) electrons. The van der Waals surface area contributed by atoms with E-state index >= 15 is 0 Å². The molecule has 5 heteroatoms. The summed E-state index contributed by atoms with van der Waals surface area (Å²) >= 11 is 1.19. The highest BCUT2D eigenvalue weighted by atomic mass is 127. The quantitative estimate of drug-likeness (QED) is 0.125. The van der Waals surface area contributed by atoms with Crippen LogP contribution in [0.1, 0.15) is 16.7 Å². The minimum absolute atomic E-state index is 0.307. The number of nitrogens with zero attached hydrogens (tertiary/aromatic N) is 2. The number of thiophene rings is 1. The second-order valence-electron chi connectivity index (χ2n) is 12.5. The van der Waals surface area contributed by atoms with Crippen molar-refractivity contribution in [3.05, 3.63) is 187 Å². The Hall–Kier alpha value is -4.70. The van der Waals surface area contributed by atoms with Crippen molar-refractivity contribution >= 4 is 104 Å². The van der Waals surface area contributed by atoms with E-state index in [0.717, 1.165) is 16.8 Å². The predicted molar refractivity (Wildman–Crippen MR) is 239 cm³/mol. The summed E-state index contributed by atoms with van der Waals surface area (Å²) in [6.07, 6.45) is 0. The van der Waals surface area contributed by atoms with Gasteiger partial charge in [-0.1, -0.05) is 164 Å². The Morgan fingerprint density at radius 1 is 0.431 bits per heavy atom. The molecule has 7 aromatic carbocycles. The number of halogens is 2. The lowest BCUT2D eigenvalue weighted by Crippen LogP contribution is -2.06. The van der Waals surface area contributed by atoms with E-state index in [1.807, 2.05) is 11.3 Å². The summed E-state index contributed by atoms with van der Waals surface area (Å²) in [4.78, 5) is 10.7. The van der Waals surface area contributed by atoms with Crippen LogP contribution in [0.4, 0.5) is 0 Å². The Morgan fingerprint density at radius 2 is 1.04 bits per heavy atom. The molecule has 0 amide bonds. The molecule has 2 nitrogen and oxygen atoms in total. The number of hydrogen-bond donors (Lipinski definition) is 0. The highest BCUT2D eigenvalue weighted by Crippen LogP contribution is 2.44. The lowest BCUT2D eigenvalue weighted by Gasteiger charge is -2.14. The molecule has 1 aliphatic rings. The van der Waals surface area contributed by atoms with Gasteiger partial charge in [-0.3, -0.25) is 0 Å². The van der Waals surface area contributed by atoms with Gasteiger partial charge in [-0.05, 0) is 69.6 Å². The second-order valence-corrected chi connectivity index (χ2v) is 20.9. The summed E-state index contributed by atoms with van der Waals surface area (Å²) < 4.78 is 6.67. The highest BCUT2D eigenvalue weighted by molar-refractivity contribution is 14.3. The minimum Gasteiger partial charge on any atom is -0.246 e. The maximum Gasteiger partial charge on any atom is 0.105 e. The van der Waals surface area contributed by atoms with E-state index in [4.69, 9.17) is 9.98 Å². The van der Waals surface area contributed by atoms with Gasteiger partial charge in [-0.25, -0.2) is 9.98 Å². The first-order valence-electron chi connectivity index (χ1n) is 16.8. The maximum absolute atomic E-state index is 5.42. The van der Waals surface area contributed by atoms with Gasteiger partial charge in [-0.15, -0.1) is 11.3 Å². The van der Waals surface area contributed by atoms with Crippen molar-refractivity contribution in [2.24, 2.45) is 4.99 Å². The fraction of sp³-hybridized carbons (Fsp3) is 0. The molecule has 3 heterocycles. The number of aliphatic imine (C=N–C) groups is 1. The van der Waals surface area contributed by atoms with Crippen molar-refractivity contribution in [1.82, 2.24) is 4.98 Å². The molecule has 0 fully saturated rings. The normalized spacial score (nSPS) is 13.4. The molecular weight excluding hydrogens is 866 g/mol. The molecule has 1 aliphatic heterocycles. The van der Waals surface area contributed by atoms with Gasteiger partial charge in [0.15, 0.2) is 0 Å². The number of rotatable bonds is 5. The van der Waals surface area contributed by atoms with Gasteiger partial charge < -0.3 is 0 Å². The maximum atomic E-state index is 5.42. The fourth-order valence-electron chi connectivity index (χ4n) is 6.83. The zero-order valence-electron chi connectivity index (χ0n) is 27.2. The predicted octanol–water partition coefficient (Wildman–Crippen LogP) is 13.1. The van der Waals surface area contributed by atoms with Crippen LogP contribution in [0.15, 0.2) is 175 Å². The molecule has 2 aromatic heterocycles.